The van der Waals surface area contributed by atoms with E-state index in [9.17, 15) is 4.79 Å². The largest absolute Gasteiger partial charge is 0.328 e. The molecule has 2 rings (SSSR count). The number of thiocarbonyl (C=S) groups is 1. The van der Waals surface area contributed by atoms with Crippen molar-refractivity contribution in [2.75, 3.05) is 6.54 Å². The van der Waals surface area contributed by atoms with Crippen LogP contribution in [0.15, 0.2) is 18.0 Å². The van der Waals surface area contributed by atoms with Crippen LogP contribution in [0.4, 0.5) is 0 Å². The van der Waals surface area contributed by atoms with E-state index >= 15 is 0 Å². The Labute approximate surface area is 98.7 Å². The molecule has 16 heavy (non-hydrogen) atoms. The Bertz CT molecular complexity index is 477. The van der Waals surface area contributed by atoms with Crippen LogP contribution in [-0.2, 0) is 11.8 Å². The van der Waals surface area contributed by atoms with Crippen molar-refractivity contribution >= 4 is 29.3 Å². The summed E-state index contributed by atoms with van der Waals surface area (Å²) in [5.41, 5.74) is 1.21. The van der Waals surface area contributed by atoms with Crippen LogP contribution in [0.3, 0.4) is 0 Å². The summed E-state index contributed by atoms with van der Waals surface area (Å²) in [4.78, 5) is 13.3. The Kier molecular flexibility index (Phi) is 2.74. The quantitative estimate of drug-likeness (QED) is 0.600. The van der Waals surface area contributed by atoms with E-state index in [4.69, 9.17) is 12.2 Å². The number of hydrogen-bond donors (Lipinski definition) is 1. The first kappa shape index (κ1) is 10.8. The monoisotopic (exact) mass is 236 g/mol. The number of amides is 1. The summed E-state index contributed by atoms with van der Waals surface area (Å²) in [7, 11) is 1.83. The van der Waals surface area contributed by atoms with Gasteiger partial charge < -0.3 is 5.32 Å². The van der Waals surface area contributed by atoms with Gasteiger partial charge in [0, 0.05) is 19.8 Å². The van der Waals surface area contributed by atoms with Crippen LogP contribution in [-0.4, -0.2) is 32.2 Å². The molecule has 5 nitrogen and oxygen atoms in total. The molecule has 0 radical (unpaired) electrons. The average Bonchev–Trinajstić information content (AvgIpc) is 2.74. The van der Waals surface area contributed by atoms with Crippen LogP contribution in [0.2, 0.25) is 0 Å². The number of aryl methyl sites for hydroxylation is 1. The minimum absolute atomic E-state index is 0.0989. The molecule has 1 aliphatic heterocycles. The molecule has 1 N–H and O–H groups in total. The highest BCUT2D eigenvalue weighted by Gasteiger charge is 2.29. The van der Waals surface area contributed by atoms with Gasteiger partial charge in [-0.15, -0.1) is 0 Å². The smallest absolute Gasteiger partial charge is 0.276 e. The van der Waals surface area contributed by atoms with Crippen molar-refractivity contribution in [3.63, 3.8) is 0 Å². The molecule has 1 saturated heterocycles. The number of aromatic nitrogens is 2. The number of carbonyl (C=O) groups is 1. The van der Waals surface area contributed by atoms with Gasteiger partial charge in [-0.05, 0) is 31.3 Å². The van der Waals surface area contributed by atoms with Gasteiger partial charge in [0.15, 0.2) is 5.11 Å². The molecule has 0 aliphatic carbocycles. The molecule has 6 heteroatoms. The second-order valence-corrected chi connectivity index (χ2v) is 3.84. The predicted molar refractivity (Wildman–Crippen MR) is 64.3 cm³/mol. The van der Waals surface area contributed by atoms with Gasteiger partial charge >= 0.3 is 0 Å². The molecule has 2 heterocycles. The van der Waals surface area contributed by atoms with E-state index in [1.807, 2.05) is 26.2 Å². The number of hydrogen-bond acceptors (Lipinski definition) is 3. The summed E-state index contributed by atoms with van der Waals surface area (Å²) in [6.45, 7) is 2.46. The molecule has 1 aromatic heterocycles. The van der Waals surface area contributed by atoms with Crippen molar-refractivity contribution in [2.45, 2.75) is 6.92 Å². The molecule has 1 amide bonds. The van der Waals surface area contributed by atoms with E-state index in [1.165, 1.54) is 4.90 Å². The molecule has 0 unspecified atom stereocenters. The van der Waals surface area contributed by atoms with Crippen LogP contribution in [0.1, 0.15) is 12.6 Å². The molecule has 1 fully saturated rings. The molecule has 1 aliphatic rings. The third-order valence-electron chi connectivity index (χ3n) is 2.31. The first-order valence-corrected chi connectivity index (χ1v) is 5.37. The second-order valence-electron chi connectivity index (χ2n) is 3.45. The van der Waals surface area contributed by atoms with Crippen LogP contribution in [0.25, 0.3) is 6.08 Å². The summed E-state index contributed by atoms with van der Waals surface area (Å²) in [6, 6.07) is 1.83. The second kappa shape index (κ2) is 4.05. The Hall–Kier alpha value is -1.69. The molecule has 0 spiro atoms. The highest BCUT2D eigenvalue weighted by atomic mass is 32.1. The highest BCUT2D eigenvalue weighted by Crippen LogP contribution is 2.12. The standard InChI is InChI=1S/C10H12N4OS/c1-3-14-9(15)8(11-10(14)16)6-7-4-5-13(2)12-7/h4-6H,3H2,1-2H3,(H,11,16)/b8-6-. The van der Waals surface area contributed by atoms with Crippen molar-refractivity contribution < 1.29 is 4.79 Å². The van der Waals surface area contributed by atoms with Gasteiger partial charge in [-0.3, -0.25) is 14.4 Å². The number of nitrogens with one attached hydrogen (secondary N) is 1. The lowest BCUT2D eigenvalue weighted by atomic mass is 10.3. The van der Waals surface area contributed by atoms with Crippen molar-refractivity contribution in [3.8, 4) is 0 Å². The van der Waals surface area contributed by atoms with Crippen LogP contribution < -0.4 is 5.32 Å². The topological polar surface area (TPSA) is 50.2 Å². The number of rotatable bonds is 2. The molecule has 84 valence electrons. The summed E-state index contributed by atoms with van der Waals surface area (Å²) in [5, 5.41) is 7.51. The van der Waals surface area contributed by atoms with E-state index < -0.39 is 0 Å². The molecule has 1 aromatic rings. The fraction of sp³-hybridized carbons (Fsp3) is 0.300. The molecule has 0 aromatic carbocycles. The minimum Gasteiger partial charge on any atom is -0.328 e. The van der Waals surface area contributed by atoms with E-state index in [0.29, 0.717) is 17.4 Å². The van der Waals surface area contributed by atoms with Gasteiger partial charge in [0.05, 0.1) is 5.69 Å². The zero-order chi connectivity index (χ0) is 11.7. The maximum atomic E-state index is 11.8. The zero-order valence-corrected chi connectivity index (χ0v) is 9.91. The van der Waals surface area contributed by atoms with Gasteiger partial charge in [0.1, 0.15) is 5.70 Å². The molecular formula is C10H12N4OS. The fourth-order valence-corrected chi connectivity index (χ4v) is 1.84. The van der Waals surface area contributed by atoms with E-state index in [-0.39, 0.29) is 5.91 Å². The Morgan fingerprint density at radius 1 is 1.62 bits per heavy atom. The lowest BCUT2D eigenvalue weighted by Crippen LogP contribution is -2.30. The number of carbonyl (C=O) groups excluding carboxylic acids is 1. The maximum absolute atomic E-state index is 11.8. The van der Waals surface area contributed by atoms with Crippen LogP contribution >= 0.6 is 12.2 Å². The van der Waals surface area contributed by atoms with E-state index in [0.717, 1.165) is 5.69 Å². The van der Waals surface area contributed by atoms with Gasteiger partial charge in [0.2, 0.25) is 0 Å². The maximum Gasteiger partial charge on any atom is 0.276 e. The Morgan fingerprint density at radius 3 is 2.88 bits per heavy atom. The first-order chi connectivity index (χ1) is 7.61. The van der Waals surface area contributed by atoms with Crippen LogP contribution in [0.5, 0.6) is 0 Å². The summed E-state index contributed by atoms with van der Waals surface area (Å²) < 4.78 is 1.68. The van der Waals surface area contributed by atoms with Gasteiger partial charge in [-0.1, -0.05) is 0 Å². The SMILES string of the molecule is CCN1C(=O)/C(=C/c2ccn(C)n2)NC1=S. The first-order valence-electron chi connectivity index (χ1n) is 4.96. The third kappa shape index (κ3) is 1.83. The Morgan fingerprint density at radius 2 is 2.38 bits per heavy atom. The van der Waals surface area contributed by atoms with Gasteiger partial charge in [0.25, 0.3) is 5.91 Å². The van der Waals surface area contributed by atoms with Crippen molar-refractivity contribution in [2.24, 2.45) is 7.05 Å². The lowest BCUT2D eigenvalue weighted by molar-refractivity contribution is -0.122. The number of nitrogens with zero attached hydrogens (tertiary/aromatic N) is 3. The molecule has 0 bridgehead atoms. The van der Waals surface area contributed by atoms with E-state index in [1.54, 1.807) is 10.8 Å². The zero-order valence-electron chi connectivity index (χ0n) is 9.10. The summed E-state index contributed by atoms with van der Waals surface area (Å²) in [6.07, 6.45) is 3.52. The van der Waals surface area contributed by atoms with E-state index in [2.05, 4.69) is 10.4 Å². The van der Waals surface area contributed by atoms with Gasteiger partial charge in [-0.2, -0.15) is 5.10 Å². The normalized spacial score (nSPS) is 18.4. The third-order valence-corrected chi connectivity index (χ3v) is 2.63. The van der Waals surface area contributed by atoms with Gasteiger partial charge in [-0.25, -0.2) is 0 Å². The van der Waals surface area contributed by atoms with Crippen molar-refractivity contribution in [3.05, 3.63) is 23.7 Å². The summed E-state index contributed by atoms with van der Waals surface area (Å²) >= 11 is 5.04. The minimum atomic E-state index is -0.0989. The molecular weight excluding hydrogens is 224 g/mol. The Balaban J connectivity index is 2.27. The van der Waals surface area contributed by atoms with Crippen molar-refractivity contribution in [1.82, 2.24) is 20.0 Å². The summed E-state index contributed by atoms with van der Waals surface area (Å²) in [5.74, 6) is -0.0989. The molecule has 0 atom stereocenters. The van der Waals surface area contributed by atoms with Crippen LogP contribution in [0, 0.1) is 0 Å². The highest BCUT2D eigenvalue weighted by molar-refractivity contribution is 7.80. The fourth-order valence-electron chi connectivity index (χ4n) is 1.52. The predicted octanol–water partition coefficient (Wildman–Crippen LogP) is 0.498. The van der Waals surface area contributed by atoms with Crippen molar-refractivity contribution in [1.29, 1.82) is 0 Å². The average molecular weight is 236 g/mol. The number of likely N-dealkylation sites (N-methyl/N-ethyl adjacent to an activating group) is 1. The lowest BCUT2D eigenvalue weighted by Gasteiger charge is -2.08. The molecule has 0 saturated carbocycles.